The fourth-order valence-corrected chi connectivity index (χ4v) is 10.8. The zero-order valence-electron chi connectivity index (χ0n) is 52.7. The molecule has 17 unspecified atom stereocenters. The third-order valence-corrected chi connectivity index (χ3v) is 16.2. The SMILES string of the molecule is CC/C=C\C/C=C\C/C=C\C/C=C\C/C=C\C/C=C\C/C=C\CCCCCCCCCCCCCCCCCCCC(=O)NC(COC1OC(CO)C(OC2OC(CO)C(OC3OC(CO)C(O)C(O)C3O)C(O)C2O)C(O)C1O)C(O)CCCCC. The lowest BCUT2D eigenvalue weighted by Crippen LogP contribution is -2.66. The normalized spacial score (nSPS) is 29.1. The molecule has 3 aliphatic heterocycles. The van der Waals surface area contributed by atoms with Crippen LogP contribution in [0, 0.1) is 0 Å². The Morgan fingerprint density at radius 1 is 0.425 bits per heavy atom. The first-order chi connectivity index (χ1) is 42.3. The van der Waals surface area contributed by atoms with Crippen molar-refractivity contribution in [3.05, 3.63) is 85.1 Å². The smallest absolute Gasteiger partial charge is 0.220 e. The fourth-order valence-electron chi connectivity index (χ4n) is 10.8. The van der Waals surface area contributed by atoms with Gasteiger partial charge in [-0.05, 0) is 70.6 Å². The van der Waals surface area contributed by atoms with Crippen molar-refractivity contribution in [3.8, 4) is 0 Å². The van der Waals surface area contributed by atoms with E-state index in [1.807, 2.05) is 6.92 Å². The van der Waals surface area contributed by atoms with E-state index in [1.54, 1.807) is 0 Å². The summed E-state index contributed by atoms with van der Waals surface area (Å²) in [5, 5.41) is 119. The van der Waals surface area contributed by atoms with E-state index in [4.69, 9.17) is 28.4 Å². The van der Waals surface area contributed by atoms with E-state index in [0.29, 0.717) is 19.3 Å². The predicted octanol–water partition coefficient (Wildman–Crippen LogP) is 7.93. The average molecular weight is 1240 g/mol. The molecule has 1 amide bonds. The Balaban J connectivity index is 1.21. The number of rotatable bonds is 49. The molecule has 3 rings (SSSR count). The van der Waals surface area contributed by atoms with Gasteiger partial charge in [0.05, 0.1) is 38.6 Å². The van der Waals surface area contributed by atoms with Crippen LogP contribution in [-0.2, 0) is 33.2 Å². The van der Waals surface area contributed by atoms with Gasteiger partial charge in [0, 0.05) is 6.42 Å². The average Bonchev–Trinajstić information content (AvgIpc) is 1.25. The van der Waals surface area contributed by atoms with Crippen molar-refractivity contribution in [2.45, 2.75) is 311 Å². The molecule has 87 heavy (non-hydrogen) atoms. The highest BCUT2D eigenvalue weighted by atomic mass is 16.8. The molecule has 0 radical (unpaired) electrons. The number of carbonyl (C=O) groups is 1. The number of allylic oxidation sites excluding steroid dienone is 14. The van der Waals surface area contributed by atoms with Crippen molar-refractivity contribution in [1.29, 1.82) is 0 Å². The maximum atomic E-state index is 13.2. The Labute approximate surface area is 520 Å². The van der Waals surface area contributed by atoms with Crippen molar-refractivity contribution in [1.82, 2.24) is 5.32 Å². The summed E-state index contributed by atoms with van der Waals surface area (Å²) in [7, 11) is 0. The molecule has 3 fully saturated rings. The summed E-state index contributed by atoms with van der Waals surface area (Å²) in [5.41, 5.74) is 0. The third kappa shape index (κ3) is 32.2. The van der Waals surface area contributed by atoms with E-state index in [2.05, 4.69) is 97.3 Å². The Kier molecular flexibility index (Phi) is 44.6. The molecule has 3 heterocycles. The van der Waals surface area contributed by atoms with Gasteiger partial charge in [0.2, 0.25) is 5.91 Å². The summed E-state index contributed by atoms with van der Waals surface area (Å²) in [5.74, 6) is -0.257. The molecule has 17 atom stereocenters. The molecule has 19 nitrogen and oxygen atoms in total. The second-order valence-electron chi connectivity index (χ2n) is 23.6. The van der Waals surface area contributed by atoms with Crippen LogP contribution in [0.4, 0.5) is 0 Å². The topological polar surface area (TPSA) is 307 Å². The van der Waals surface area contributed by atoms with Gasteiger partial charge in [-0.3, -0.25) is 4.79 Å². The molecule has 0 saturated carbocycles. The minimum absolute atomic E-state index is 0.257. The first-order valence-corrected chi connectivity index (χ1v) is 33.3. The van der Waals surface area contributed by atoms with Gasteiger partial charge in [-0.15, -0.1) is 0 Å². The highest BCUT2D eigenvalue weighted by molar-refractivity contribution is 5.76. The summed E-state index contributed by atoms with van der Waals surface area (Å²) in [4.78, 5) is 13.2. The summed E-state index contributed by atoms with van der Waals surface area (Å²) < 4.78 is 34.1. The van der Waals surface area contributed by atoms with E-state index in [1.165, 1.54) is 89.9 Å². The lowest BCUT2D eigenvalue weighted by atomic mass is 9.96. The predicted molar refractivity (Wildman–Crippen MR) is 337 cm³/mol. The van der Waals surface area contributed by atoms with Crippen molar-refractivity contribution < 1.29 is 89.4 Å². The molecule has 0 bridgehead atoms. The number of aliphatic hydroxyl groups is 11. The summed E-state index contributed by atoms with van der Waals surface area (Å²) in [6.07, 6.45) is 36.9. The largest absolute Gasteiger partial charge is 0.394 e. The molecule has 0 spiro atoms. The molecular weight excluding hydrogens is 1120 g/mol. The lowest BCUT2D eigenvalue weighted by Gasteiger charge is -2.48. The van der Waals surface area contributed by atoms with Crippen LogP contribution in [0.15, 0.2) is 85.1 Å². The van der Waals surface area contributed by atoms with Crippen LogP contribution >= 0.6 is 0 Å². The first-order valence-electron chi connectivity index (χ1n) is 33.3. The van der Waals surface area contributed by atoms with Crippen LogP contribution in [0.5, 0.6) is 0 Å². The van der Waals surface area contributed by atoms with Crippen molar-refractivity contribution in [2.24, 2.45) is 0 Å². The molecule has 0 aromatic rings. The Hall–Kier alpha value is -3.03. The molecule has 12 N–H and O–H groups in total. The summed E-state index contributed by atoms with van der Waals surface area (Å²) in [6.45, 7) is 1.47. The maximum Gasteiger partial charge on any atom is 0.220 e. The highest BCUT2D eigenvalue weighted by Gasteiger charge is 2.53. The molecular formula is C68H117NO18. The van der Waals surface area contributed by atoms with Crippen molar-refractivity contribution in [3.63, 3.8) is 0 Å². The summed E-state index contributed by atoms with van der Waals surface area (Å²) >= 11 is 0. The number of carbonyl (C=O) groups excluding carboxylic acids is 1. The van der Waals surface area contributed by atoms with Crippen molar-refractivity contribution >= 4 is 5.91 Å². The van der Waals surface area contributed by atoms with Gasteiger partial charge < -0.3 is 89.9 Å². The highest BCUT2D eigenvalue weighted by Crippen LogP contribution is 2.33. The Morgan fingerprint density at radius 2 is 0.793 bits per heavy atom. The van der Waals surface area contributed by atoms with Gasteiger partial charge in [-0.25, -0.2) is 0 Å². The number of ether oxygens (including phenoxy) is 6. The zero-order chi connectivity index (χ0) is 63.3. The zero-order valence-corrected chi connectivity index (χ0v) is 52.7. The monoisotopic (exact) mass is 1240 g/mol. The second-order valence-corrected chi connectivity index (χ2v) is 23.6. The molecule has 3 saturated heterocycles. The number of amides is 1. The van der Waals surface area contributed by atoms with Gasteiger partial charge in [0.15, 0.2) is 18.9 Å². The summed E-state index contributed by atoms with van der Waals surface area (Å²) in [6, 6.07) is -0.885. The van der Waals surface area contributed by atoms with Crippen LogP contribution in [0.25, 0.3) is 0 Å². The van der Waals surface area contributed by atoms with Crippen LogP contribution in [0.2, 0.25) is 0 Å². The van der Waals surface area contributed by atoms with Gasteiger partial charge in [0.25, 0.3) is 0 Å². The minimum Gasteiger partial charge on any atom is -0.394 e. The van der Waals surface area contributed by atoms with E-state index in [0.717, 1.165) is 77.0 Å². The third-order valence-electron chi connectivity index (χ3n) is 16.2. The molecule has 0 aliphatic carbocycles. The van der Waals surface area contributed by atoms with E-state index >= 15 is 0 Å². The first kappa shape index (κ1) is 78.2. The fraction of sp³-hybridized carbons (Fsp3) is 0.779. The van der Waals surface area contributed by atoms with Gasteiger partial charge in [-0.2, -0.15) is 0 Å². The van der Waals surface area contributed by atoms with Gasteiger partial charge >= 0.3 is 0 Å². The number of nitrogens with one attached hydrogen (secondary N) is 1. The van der Waals surface area contributed by atoms with E-state index in [-0.39, 0.29) is 18.9 Å². The number of hydrogen-bond donors (Lipinski definition) is 12. The van der Waals surface area contributed by atoms with Gasteiger partial charge in [0.1, 0.15) is 73.2 Å². The molecule has 0 aromatic heterocycles. The minimum atomic E-state index is -1.97. The standard InChI is InChI=1S/C68H117NO18/c1-3-5-7-8-9-10-11-12-13-14-15-16-17-18-19-20-21-22-23-24-25-26-27-28-29-30-31-32-33-34-35-36-37-38-39-40-41-42-44-46-56(74)69-51(52(73)45-43-6-4-2)50-82-66-62(80)59(77)64(54(48-71)84-66)87-68-63(81)60(78)65(55(49-72)85-68)86-67-61(79)58(76)57(75)53(47-70)83-67/h5,7,9-10,12-13,15-16,18-19,21-22,24-25,51-55,57-68,70-73,75-81H,3-4,6,8,11,14,17,20,23,26-50H2,1-2H3,(H,69,74)/b7-5-,10-9-,13-12-,16-15-,19-18-,22-21-,25-24-. The number of hydrogen-bond acceptors (Lipinski definition) is 18. The van der Waals surface area contributed by atoms with Crippen LogP contribution in [0.1, 0.15) is 206 Å². The lowest BCUT2D eigenvalue weighted by molar-refractivity contribution is -0.379. The number of aliphatic hydroxyl groups excluding tert-OH is 11. The Bertz CT molecular complexity index is 1910. The van der Waals surface area contributed by atoms with E-state index in [9.17, 15) is 61.0 Å². The second kappa shape index (κ2) is 49.6. The molecule has 502 valence electrons. The molecule has 3 aliphatic rings. The van der Waals surface area contributed by atoms with E-state index < -0.39 is 124 Å². The Morgan fingerprint density at radius 3 is 1.22 bits per heavy atom. The molecule has 0 aromatic carbocycles. The maximum absolute atomic E-state index is 13.2. The van der Waals surface area contributed by atoms with Gasteiger partial charge in [-0.1, -0.05) is 214 Å². The van der Waals surface area contributed by atoms with Crippen LogP contribution < -0.4 is 5.32 Å². The van der Waals surface area contributed by atoms with Crippen molar-refractivity contribution in [2.75, 3.05) is 26.4 Å². The quantitative estimate of drug-likeness (QED) is 0.0203. The van der Waals surface area contributed by atoms with Crippen LogP contribution in [0.3, 0.4) is 0 Å². The molecule has 19 heteroatoms. The number of unbranched alkanes of at least 4 members (excludes halogenated alkanes) is 19. The van der Waals surface area contributed by atoms with Crippen LogP contribution in [-0.4, -0.2) is 193 Å².